The van der Waals surface area contributed by atoms with Crippen LogP contribution in [0.4, 0.5) is 25.0 Å². The normalized spacial score (nSPS) is 24.7. The Labute approximate surface area is 234 Å². The lowest BCUT2D eigenvalue weighted by atomic mass is 9.89. The van der Waals surface area contributed by atoms with Gasteiger partial charge in [-0.05, 0) is 73.8 Å². The fourth-order valence-corrected chi connectivity index (χ4v) is 6.81. The number of rotatable bonds is 8. The van der Waals surface area contributed by atoms with Crippen LogP contribution in [0.2, 0.25) is 0 Å². The highest BCUT2D eigenvalue weighted by Crippen LogP contribution is 2.48. The second-order valence-corrected chi connectivity index (χ2v) is 11.4. The molecule has 0 spiro atoms. The number of carbonyl (C=O) groups excluding carboxylic acids is 1. The molecular formula is C32H36F2N4O2. The molecule has 3 aliphatic heterocycles. The second kappa shape index (κ2) is 11.3. The lowest BCUT2D eigenvalue weighted by molar-refractivity contribution is -0.821. The Kier molecular flexibility index (Phi) is 7.57. The number of hydrogen-bond donors (Lipinski definition) is 0. The number of likely N-dealkylation sites (tertiary alicyclic amines) is 1. The van der Waals surface area contributed by atoms with Crippen molar-refractivity contribution < 1.29 is 18.2 Å². The van der Waals surface area contributed by atoms with Crippen molar-refractivity contribution in [2.24, 2.45) is 0 Å². The SMILES string of the molecule is O=C1N(CCCCN2CCC3C(C2)c2cc(F)ccc2N3c2ccc(F)cc2)CCC[N+]1([O-])Cc1ccccc1. The number of amides is 2. The summed E-state index contributed by atoms with van der Waals surface area (Å²) in [5.74, 6) is -0.331. The maximum atomic E-state index is 14.3. The summed E-state index contributed by atoms with van der Waals surface area (Å²) in [6.07, 6.45) is 3.42. The number of fused-ring (bicyclic) bond motifs is 3. The van der Waals surface area contributed by atoms with E-state index in [9.17, 15) is 18.8 Å². The standard InChI is InChI=1S/C32H36F2N4O2/c33-25-9-12-27(13-10-25)37-30-14-11-26(34)21-28(30)29-22-35(19-15-31(29)37)16-4-5-17-36-18-6-20-38(40,32(36)39)23-24-7-2-1-3-8-24/h1-3,7-14,21,29,31H,4-6,15-20,22-23H2. The zero-order valence-electron chi connectivity index (χ0n) is 22.7. The zero-order chi connectivity index (χ0) is 27.7. The van der Waals surface area contributed by atoms with Gasteiger partial charge in [0, 0.05) is 61.5 Å². The number of anilines is 2. The van der Waals surface area contributed by atoms with Crippen LogP contribution in [0.1, 0.15) is 42.7 Å². The molecule has 210 valence electrons. The largest absolute Gasteiger partial charge is 0.624 e. The number of carbonyl (C=O) groups is 1. The van der Waals surface area contributed by atoms with Gasteiger partial charge in [-0.1, -0.05) is 30.3 Å². The molecule has 3 unspecified atom stereocenters. The molecule has 2 fully saturated rings. The third-order valence-corrected chi connectivity index (χ3v) is 8.75. The van der Waals surface area contributed by atoms with Gasteiger partial charge in [-0.3, -0.25) is 9.55 Å². The molecule has 2 saturated heterocycles. The summed E-state index contributed by atoms with van der Waals surface area (Å²) >= 11 is 0. The Bertz CT molecular complexity index is 1340. The maximum Gasteiger partial charge on any atom is 0.419 e. The third kappa shape index (κ3) is 5.36. The van der Waals surface area contributed by atoms with Crippen LogP contribution in [0, 0.1) is 16.8 Å². The van der Waals surface area contributed by atoms with Gasteiger partial charge in [-0.2, -0.15) is 0 Å². The van der Waals surface area contributed by atoms with E-state index in [4.69, 9.17) is 0 Å². The fraction of sp³-hybridized carbons (Fsp3) is 0.406. The number of nitrogens with zero attached hydrogens (tertiary/aromatic N) is 4. The minimum atomic E-state index is -0.806. The molecule has 3 aromatic rings. The van der Waals surface area contributed by atoms with Gasteiger partial charge in [-0.25, -0.2) is 13.6 Å². The average Bonchev–Trinajstić information content (AvgIpc) is 3.27. The molecule has 2 amide bonds. The molecule has 6 rings (SSSR count). The van der Waals surface area contributed by atoms with E-state index >= 15 is 0 Å². The molecule has 3 aliphatic rings. The molecule has 3 aromatic carbocycles. The number of hydroxylamine groups is 3. The van der Waals surface area contributed by atoms with Crippen LogP contribution in [0.5, 0.6) is 0 Å². The first-order valence-corrected chi connectivity index (χ1v) is 14.4. The van der Waals surface area contributed by atoms with Crippen LogP contribution in [0.3, 0.4) is 0 Å². The maximum absolute atomic E-state index is 14.3. The molecule has 0 N–H and O–H groups in total. The van der Waals surface area contributed by atoms with Gasteiger partial charge >= 0.3 is 6.03 Å². The van der Waals surface area contributed by atoms with E-state index in [-0.39, 0.29) is 36.2 Å². The molecule has 6 nitrogen and oxygen atoms in total. The molecule has 0 bridgehead atoms. The van der Waals surface area contributed by atoms with Crippen LogP contribution in [-0.2, 0) is 6.54 Å². The number of halogens is 2. The molecule has 3 atom stereocenters. The summed E-state index contributed by atoms with van der Waals surface area (Å²) in [6, 6.07) is 21.0. The monoisotopic (exact) mass is 546 g/mol. The smallest absolute Gasteiger partial charge is 0.419 e. The lowest BCUT2D eigenvalue weighted by Gasteiger charge is -2.46. The average molecular weight is 547 g/mol. The van der Waals surface area contributed by atoms with Crippen molar-refractivity contribution in [1.82, 2.24) is 9.80 Å². The fourth-order valence-electron chi connectivity index (χ4n) is 6.81. The third-order valence-electron chi connectivity index (χ3n) is 8.75. The van der Waals surface area contributed by atoms with Crippen molar-refractivity contribution in [3.05, 3.63) is 101 Å². The summed E-state index contributed by atoms with van der Waals surface area (Å²) < 4.78 is 27.1. The van der Waals surface area contributed by atoms with E-state index in [2.05, 4.69) is 9.80 Å². The molecule has 0 aliphatic carbocycles. The molecular weight excluding hydrogens is 510 g/mol. The first-order valence-electron chi connectivity index (χ1n) is 14.4. The molecule has 0 aromatic heterocycles. The number of urea groups is 1. The van der Waals surface area contributed by atoms with E-state index in [0.29, 0.717) is 19.6 Å². The molecule has 0 saturated carbocycles. The van der Waals surface area contributed by atoms with Crippen molar-refractivity contribution in [3.8, 4) is 0 Å². The number of benzene rings is 3. The highest BCUT2D eigenvalue weighted by atomic mass is 19.1. The highest BCUT2D eigenvalue weighted by molar-refractivity contribution is 5.73. The highest BCUT2D eigenvalue weighted by Gasteiger charge is 2.42. The Morgan fingerprint density at radius 3 is 2.45 bits per heavy atom. The van der Waals surface area contributed by atoms with Crippen molar-refractivity contribution in [1.29, 1.82) is 0 Å². The summed E-state index contributed by atoms with van der Waals surface area (Å²) in [7, 11) is 0. The minimum absolute atomic E-state index is 0.171. The van der Waals surface area contributed by atoms with Crippen molar-refractivity contribution >= 4 is 17.4 Å². The number of piperidine rings is 1. The first-order chi connectivity index (χ1) is 19.4. The molecule has 40 heavy (non-hydrogen) atoms. The predicted octanol–water partition coefficient (Wildman–Crippen LogP) is 6.40. The van der Waals surface area contributed by atoms with Crippen LogP contribution < -0.4 is 4.90 Å². The van der Waals surface area contributed by atoms with Crippen LogP contribution >= 0.6 is 0 Å². The molecule has 8 heteroatoms. The summed E-state index contributed by atoms with van der Waals surface area (Å²) in [6.45, 7) is 4.41. The van der Waals surface area contributed by atoms with E-state index in [0.717, 1.165) is 67.8 Å². The quantitative estimate of drug-likeness (QED) is 0.187. The van der Waals surface area contributed by atoms with E-state index < -0.39 is 4.65 Å². The van der Waals surface area contributed by atoms with E-state index in [1.54, 1.807) is 23.1 Å². The summed E-state index contributed by atoms with van der Waals surface area (Å²) in [4.78, 5) is 19.5. The topological polar surface area (TPSA) is 49.9 Å². The molecule has 3 heterocycles. The zero-order valence-corrected chi connectivity index (χ0v) is 22.7. The van der Waals surface area contributed by atoms with Gasteiger partial charge in [0.1, 0.15) is 18.2 Å². The Hall–Kier alpha value is -3.33. The van der Waals surface area contributed by atoms with Gasteiger partial charge in [0.2, 0.25) is 0 Å². The predicted molar refractivity (Wildman–Crippen MR) is 152 cm³/mol. The van der Waals surface area contributed by atoms with Crippen molar-refractivity contribution in [2.45, 2.75) is 44.2 Å². The van der Waals surface area contributed by atoms with E-state index in [1.807, 2.05) is 36.4 Å². The van der Waals surface area contributed by atoms with Gasteiger partial charge in [0.25, 0.3) is 0 Å². The van der Waals surface area contributed by atoms with Crippen LogP contribution in [-0.4, -0.2) is 65.8 Å². The lowest BCUT2D eigenvalue weighted by Crippen LogP contribution is -2.59. The van der Waals surface area contributed by atoms with Gasteiger partial charge in [0.05, 0.1) is 6.54 Å². The number of unbranched alkanes of at least 4 members (excludes halogenated alkanes) is 1. The Morgan fingerprint density at radius 2 is 1.65 bits per heavy atom. The van der Waals surface area contributed by atoms with E-state index in [1.165, 1.54) is 18.2 Å². The van der Waals surface area contributed by atoms with Gasteiger partial charge in [-0.15, -0.1) is 0 Å². The van der Waals surface area contributed by atoms with Crippen molar-refractivity contribution in [2.75, 3.05) is 44.2 Å². The summed E-state index contributed by atoms with van der Waals surface area (Å²) in [5.41, 5.74) is 3.84. The van der Waals surface area contributed by atoms with Gasteiger partial charge < -0.3 is 15.0 Å². The number of hydrogen-bond acceptors (Lipinski definition) is 4. The van der Waals surface area contributed by atoms with Crippen molar-refractivity contribution in [3.63, 3.8) is 0 Å². The number of quaternary nitrogens is 1. The van der Waals surface area contributed by atoms with Gasteiger partial charge in [0.15, 0.2) is 0 Å². The summed E-state index contributed by atoms with van der Waals surface area (Å²) in [5, 5.41) is 13.4. The Balaban J connectivity index is 1.05. The second-order valence-electron chi connectivity index (χ2n) is 11.4. The first kappa shape index (κ1) is 26.9. The molecule has 0 radical (unpaired) electrons. The van der Waals surface area contributed by atoms with Crippen LogP contribution in [0.15, 0.2) is 72.8 Å². The minimum Gasteiger partial charge on any atom is -0.624 e. The Morgan fingerprint density at radius 1 is 0.900 bits per heavy atom. The van der Waals surface area contributed by atoms with Crippen LogP contribution in [0.25, 0.3) is 0 Å².